The number of rotatable bonds is 9. The highest BCUT2D eigenvalue weighted by molar-refractivity contribution is 5.78. The molecule has 0 bridgehead atoms. The van der Waals surface area contributed by atoms with Crippen molar-refractivity contribution in [2.45, 2.75) is 25.9 Å². The van der Waals surface area contributed by atoms with Crippen LogP contribution in [-0.4, -0.2) is 72.4 Å². The van der Waals surface area contributed by atoms with E-state index < -0.39 is 22.4 Å². The average Bonchev–Trinajstić information content (AvgIpc) is 2.72. The lowest BCUT2D eigenvalue weighted by Crippen LogP contribution is -2.51. The van der Waals surface area contributed by atoms with Gasteiger partial charge in [-0.3, -0.25) is 24.6 Å². The van der Waals surface area contributed by atoms with Crippen LogP contribution in [0.5, 0.6) is 0 Å². The fourth-order valence-electron chi connectivity index (χ4n) is 3.15. The Kier molecular flexibility index (Phi) is 8.60. The van der Waals surface area contributed by atoms with E-state index in [1.54, 1.807) is 4.90 Å². The molecule has 2 amide bonds. The van der Waals surface area contributed by atoms with Crippen molar-refractivity contribution in [1.29, 1.82) is 0 Å². The summed E-state index contributed by atoms with van der Waals surface area (Å²) in [6.45, 7) is 4.95. The van der Waals surface area contributed by atoms with E-state index in [2.05, 4.69) is 10.6 Å². The summed E-state index contributed by atoms with van der Waals surface area (Å²) in [6, 6.07) is 2.22. The van der Waals surface area contributed by atoms with Crippen LogP contribution in [0.25, 0.3) is 0 Å². The quantitative estimate of drug-likeness (QED) is 0.445. The van der Waals surface area contributed by atoms with Crippen LogP contribution in [0, 0.1) is 10.1 Å². The Hall–Kier alpha value is -2.89. The van der Waals surface area contributed by atoms with Crippen molar-refractivity contribution in [3.05, 3.63) is 33.9 Å². The molecule has 31 heavy (non-hydrogen) atoms. The normalized spacial score (nSPS) is 14.9. The average molecular weight is 445 g/mol. The van der Waals surface area contributed by atoms with Gasteiger partial charge in [0.1, 0.15) is 5.69 Å². The third-order valence-corrected chi connectivity index (χ3v) is 4.84. The van der Waals surface area contributed by atoms with Crippen molar-refractivity contribution >= 4 is 23.2 Å². The highest BCUT2D eigenvalue weighted by atomic mass is 19.4. The zero-order valence-electron chi connectivity index (χ0n) is 17.2. The Morgan fingerprint density at radius 2 is 1.84 bits per heavy atom. The zero-order chi connectivity index (χ0) is 23.0. The van der Waals surface area contributed by atoms with E-state index in [9.17, 15) is 32.9 Å². The number of alkyl halides is 3. The molecule has 1 aliphatic rings. The summed E-state index contributed by atoms with van der Waals surface area (Å²) in [6.07, 6.45) is -3.79. The molecule has 9 nitrogen and oxygen atoms in total. The number of halogens is 3. The lowest BCUT2D eigenvalue weighted by molar-refractivity contribution is -0.384. The molecule has 0 aromatic heterocycles. The van der Waals surface area contributed by atoms with Gasteiger partial charge in [-0.25, -0.2) is 0 Å². The fraction of sp³-hybridized carbons (Fsp3) is 0.579. The Balaban J connectivity index is 1.81. The van der Waals surface area contributed by atoms with Crippen LogP contribution < -0.4 is 10.6 Å². The molecular weight excluding hydrogens is 419 g/mol. The number of benzene rings is 1. The molecule has 0 aliphatic carbocycles. The van der Waals surface area contributed by atoms with Crippen molar-refractivity contribution in [1.82, 2.24) is 15.1 Å². The van der Waals surface area contributed by atoms with Crippen LogP contribution in [0.1, 0.15) is 25.3 Å². The van der Waals surface area contributed by atoms with E-state index in [1.807, 2.05) is 11.8 Å². The van der Waals surface area contributed by atoms with Gasteiger partial charge in [0.15, 0.2) is 0 Å². The number of amides is 2. The Morgan fingerprint density at radius 1 is 1.16 bits per heavy atom. The van der Waals surface area contributed by atoms with E-state index in [-0.39, 0.29) is 37.0 Å². The monoisotopic (exact) mass is 445 g/mol. The number of carbonyl (C=O) groups is 2. The first kappa shape index (κ1) is 24.4. The Morgan fingerprint density at radius 3 is 2.42 bits per heavy atom. The summed E-state index contributed by atoms with van der Waals surface area (Å²) in [4.78, 5) is 37.9. The molecule has 0 spiro atoms. The molecule has 1 fully saturated rings. The van der Waals surface area contributed by atoms with Gasteiger partial charge in [0, 0.05) is 51.8 Å². The molecule has 1 aromatic carbocycles. The number of hydrogen-bond donors (Lipinski definition) is 2. The maximum Gasteiger partial charge on any atom is 0.416 e. The summed E-state index contributed by atoms with van der Waals surface area (Å²) in [5.74, 6) is -0.221. The van der Waals surface area contributed by atoms with Gasteiger partial charge in [0.05, 0.1) is 17.0 Å². The minimum Gasteiger partial charge on any atom is -0.379 e. The standard InChI is InChI=1S/C19H26F3N5O4/c1-2-6-24-17(28)13-25-8-10-26(11-9-25)18(29)5-7-23-15-4-3-14(19(20,21)22)12-16(15)27(30)31/h3-4,12,23H,2,5-11,13H2,1H3,(H,24,28). The molecule has 1 aliphatic heterocycles. The smallest absolute Gasteiger partial charge is 0.379 e. The molecule has 0 radical (unpaired) electrons. The van der Waals surface area contributed by atoms with Crippen LogP contribution in [0.2, 0.25) is 0 Å². The topological polar surface area (TPSA) is 108 Å². The SMILES string of the molecule is CCCNC(=O)CN1CCN(C(=O)CCNc2ccc(C(F)(F)F)cc2[N+](=O)[O-])CC1. The molecule has 1 heterocycles. The van der Waals surface area contributed by atoms with E-state index in [4.69, 9.17) is 0 Å². The lowest BCUT2D eigenvalue weighted by atomic mass is 10.1. The molecule has 2 rings (SSSR count). The van der Waals surface area contributed by atoms with Gasteiger partial charge in [-0.1, -0.05) is 6.92 Å². The van der Waals surface area contributed by atoms with Crippen molar-refractivity contribution in [2.75, 3.05) is 51.1 Å². The highest BCUT2D eigenvalue weighted by Crippen LogP contribution is 2.34. The number of nitrogens with one attached hydrogen (secondary N) is 2. The first-order chi connectivity index (χ1) is 14.6. The molecule has 2 N–H and O–H groups in total. The molecular formula is C19H26F3N5O4. The van der Waals surface area contributed by atoms with E-state index in [0.717, 1.165) is 18.6 Å². The van der Waals surface area contributed by atoms with Gasteiger partial charge < -0.3 is 15.5 Å². The van der Waals surface area contributed by atoms with Crippen LogP contribution >= 0.6 is 0 Å². The highest BCUT2D eigenvalue weighted by Gasteiger charge is 2.33. The van der Waals surface area contributed by atoms with Gasteiger partial charge in [-0.15, -0.1) is 0 Å². The number of nitrogens with zero attached hydrogens (tertiary/aromatic N) is 3. The van der Waals surface area contributed by atoms with E-state index in [1.165, 1.54) is 0 Å². The van der Waals surface area contributed by atoms with Crippen molar-refractivity contribution in [2.24, 2.45) is 0 Å². The lowest BCUT2D eigenvalue weighted by Gasteiger charge is -2.34. The fourth-order valence-corrected chi connectivity index (χ4v) is 3.15. The number of hydrogen-bond acceptors (Lipinski definition) is 6. The predicted molar refractivity (Wildman–Crippen MR) is 108 cm³/mol. The number of nitro benzene ring substituents is 1. The van der Waals surface area contributed by atoms with Crippen molar-refractivity contribution in [3.63, 3.8) is 0 Å². The summed E-state index contributed by atoms with van der Waals surface area (Å²) in [5.41, 5.74) is -1.88. The second-order valence-electron chi connectivity index (χ2n) is 7.17. The second kappa shape index (κ2) is 10.9. The van der Waals surface area contributed by atoms with E-state index >= 15 is 0 Å². The van der Waals surface area contributed by atoms with Crippen LogP contribution in [0.4, 0.5) is 24.5 Å². The van der Waals surface area contributed by atoms with Gasteiger partial charge in [0.25, 0.3) is 5.69 Å². The Labute approximate surface area is 177 Å². The number of piperazine rings is 1. The van der Waals surface area contributed by atoms with Gasteiger partial charge in [0.2, 0.25) is 11.8 Å². The maximum atomic E-state index is 12.8. The van der Waals surface area contributed by atoms with Crippen molar-refractivity contribution in [3.8, 4) is 0 Å². The summed E-state index contributed by atoms with van der Waals surface area (Å²) in [5, 5.41) is 16.6. The third kappa shape index (κ3) is 7.39. The number of nitro groups is 1. The first-order valence-electron chi connectivity index (χ1n) is 9.98. The third-order valence-electron chi connectivity index (χ3n) is 4.84. The van der Waals surface area contributed by atoms with Crippen LogP contribution in [-0.2, 0) is 15.8 Å². The Bertz CT molecular complexity index is 795. The molecule has 0 unspecified atom stereocenters. The summed E-state index contributed by atoms with van der Waals surface area (Å²) >= 11 is 0. The predicted octanol–water partition coefficient (Wildman–Crippen LogP) is 2.09. The maximum absolute atomic E-state index is 12.8. The minimum absolute atomic E-state index is 0.0369. The zero-order valence-corrected chi connectivity index (χ0v) is 17.2. The molecule has 12 heteroatoms. The molecule has 1 saturated heterocycles. The van der Waals surface area contributed by atoms with Crippen molar-refractivity contribution < 1.29 is 27.7 Å². The summed E-state index contributed by atoms with van der Waals surface area (Å²) in [7, 11) is 0. The molecule has 0 saturated carbocycles. The summed E-state index contributed by atoms with van der Waals surface area (Å²) < 4.78 is 38.3. The van der Waals surface area contributed by atoms with Crippen LogP contribution in [0.15, 0.2) is 18.2 Å². The number of carbonyl (C=O) groups excluding carboxylic acids is 2. The molecule has 1 aromatic rings. The first-order valence-corrected chi connectivity index (χ1v) is 9.98. The molecule has 172 valence electrons. The minimum atomic E-state index is -4.68. The molecule has 0 atom stereocenters. The largest absolute Gasteiger partial charge is 0.416 e. The van der Waals surface area contributed by atoms with Gasteiger partial charge in [-0.05, 0) is 18.6 Å². The number of anilines is 1. The van der Waals surface area contributed by atoms with Gasteiger partial charge in [-0.2, -0.15) is 13.2 Å². The van der Waals surface area contributed by atoms with Crippen LogP contribution in [0.3, 0.4) is 0 Å². The van der Waals surface area contributed by atoms with E-state index in [0.29, 0.717) is 38.8 Å². The van der Waals surface area contributed by atoms with Gasteiger partial charge >= 0.3 is 6.18 Å². The second-order valence-corrected chi connectivity index (χ2v) is 7.17.